The predicted octanol–water partition coefficient (Wildman–Crippen LogP) is 4.99. The lowest BCUT2D eigenvalue weighted by Crippen LogP contribution is -2.49. The van der Waals surface area contributed by atoms with Gasteiger partial charge in [-0.15, -0.1) is 0 Å². The number of anilines is 1. The van der Waals surface area contributed by atoms with Crippen LogP contribution in [0.2, 0.25) is 0 Å². The molecule has 3 rings (SSSR count). The van der Waals surface area contributed by atoms with Crippen molar-refractivity contribution in [3.8, 4) is 0 Å². The molecule has 1 unspecified atom stereocenters. The fraction of sp³-hybridized carbons (Fsp3) is 0.471. The van der Waals surface area contributed by atoms with E-state index in [-0.39, 0.29) is 41.9 Å². The summed E-state index contributed by atoms with van der Waals surface area (Å²) in [6.45, 7) is 8.91. The van der Waals surface area contributed by atoms with Crippen molar-refractivity contribution in [1.29, 1.82) is 0 Å². The zero-order valence-corrected chi connectivity index (χ0v) is 28.1. The molecule has 0 saturated heterocycles. The fourth-order valence-electron chi connectivity index (χ4n) is 5.03. The molecule has 0 aromatic heterocycles. The van der Waals surface area contributed by atoms with E-state index in [0.717, 1.165) is 22.4 Å². The number of rotatable bonds is 15. The molecule has 0 aliphatic carbocycles. The third-order valence-corrected chi connectivity index (χ3v) is 9.18. The summed E-state index contributed by atoms with van der Waals surface area (Å²) in [5.41, 5.74) is 5.51. The van der Waals surface area contributed by atoms with Crippen LogP contribution in [0.15, 0.2) is 65.6 Å². The number of halogens is 1. The molecule has 3 aromatic carbocycles. The monoisotopic (exact) mass is 658 g/mol. The molecule has 10 nitrogen and oxygen atoms in total. The standard InChI is InChI=1S/C34H47FN4O6S/c1-23(2)21-39(46(43,44)28-15-16-30(36)29(35)20-28)27(22-40)12-8-9-17-37-32(41)31(38-33(42)45-34(3,4)5)19-24-13-14-25-10-6-7-11-26(25)18-24/h6-7,10-11,13-16,18,20,23,27,31,40H,8-9,12,17,19,21-22,36H2,1-5H3,(H,37,41)(H,38,42)/t27?,31-/m0/s1. The molecule has 0 heterocycles. The highest BCUT2D eigenvalue weighted by Gasteiger charge is 2.32. The highest BCUT2D eigenvalue weighted by atomic mass is 32.2. The van der Waals surface area contributed by atoms with E-state index in [2.05, 4.69) is 10.6 Å². The number of amides is 2. The first-order chi connectivity index (χ1) is 21.6. The Morgan fingerprint density at radius 3 is 2.35 bits per heavy atom. The van der Waals surface area contributed by atoms with Crippen LogP contribution < -0.4 is 16.4 Å². The molecule has 2 atom stereocenters. The van der Waals surface area contributed by atoms with Crippen LogP contribution >= 0.6 is 0 Å². The molecule has 0 aliphatic heterocycles. The number of sulfonamides is 1. The van der Waals surface area contributed by atoms with Crippen molar-refractivity contribution < 1.29 is 32.2 Å². The number of hydrogen-bond acceptors (Lipinski definition) is 7. The second kappa shape index (κ2) is 16.2. The topological polar surface area (TPSA) is 151 Å². The average Bonchev–Trinajstić information content (AvgIpc) is 2.97. The zero-order valence-electron chi connectivity index (χ0n) is 27.3. The minimum absolute atomic E-state index is 0.0567. The van der Waals surface area contributed by atoms with Gasteiger partial charge in [-0.2, -0.15) is 4.31 Å². The third-order valence-electron chi connectivity index (χ3n) is 7.27. The van der Waals surface area contributed by atoms with Gasteiger partial charge in [0.25, 0.3) is 0 Å². The summed E-state index contributed by atoms with van der Waals surface area (Å²) in [4.78, 5) is 25.7. The normalized spacial score (nSPS) is 13.5. The number of benzene rings is 3. The number of fused-ring (bicyclic) bond motifs is 1. The Morgan fingerprint density at radius 2 is 1.72 bits per heavy atom. The largest absolute Gasteiger partial charge is 0.444 e. The van der Waals surface area contributed by atoms with Gasteiger partial charge in [0.2, 0.25) is 15.9 Å². The number of aliphatic hydroxyl groups excluding tert-OH is 1. The van der Waals surface area contributed by atoms with E-state index in [1.165, 1.54) is 16.4 Å². The van der Waals surface area contributed by atoms with Gasteiger partial charge in [-0.1, -0.05) is 62.7 Å². The number of nitrogen functional groups attached to an aromatic ring is 1. The maximum atomic E-state index is 14.1. The van der Waals surface area contributed by atoms with Gasteiger partial charge in [0, 0.05) is 25.6 Å². The maximum Gasteiger partial charge on any atom is 0.408 e. The molecule has 5 N–H and O–H groups in total. The Bertz CT molecular complexity index is 1590. The Morgan fingerprint density at radius 1 is 1.02 bits per heavy atom. The number of carbonyl (C=O) groups is 2. The van der Waals surface area contributed by atoms with Crippen molar-refractivity contribution >= 4 is 38.5 Å². The lowest BCUT2D eigenvalue weighted by atomic mass is 10.0. The summed E-state index contributed by atoms with van der Waals surface area (Å²) in [6, 6.07) is 15.4. The quantitative estimate of drug-likeness (QED) is 0.133. The van der Waals surface area contributed by atoms with Crippen molar-refractivity contribution in [3.63, 3.8) is 0 Å². The number of ether oxygens (including phenoxy) is 1. The summed E-state index contributed by atoms with van der Waals surface area (Å²) >= 11 is 0. The van der Waals surface area contributed by atoms with Gasteiger partial charge < -0.3 is 26.2 Å². The molecule has 0 spiro atoms. The van der Waals surface area contributed by atoms with Gasteiger partial charge in [-0.25, -0.2) is 17.6 Å². The average molecular weight is 659 g/mol. The molecule has 0 saturated carbocycles. The van der Waals surface area contributed by atoms with Crippen molar-refractivity contribution in [1.82, 2.24) is 14.9 Å². The summed E-state index contributed by atoms with van der Waals surface area (Å²) in [5, 5.41) is 17.8. The van der Waals surface area contributed by atoms with Crippen molar-refractivity contribution in [2.45, 2.75) is 82.9 Å². The van der Waals surface area contributed by atoms with Crippen molar-refractivity contribution in [2.24, 2.45) is 5.92 Å². The predicted molar refractivity (Wildman–Crippen MR) is 178 cm³/mol. The molecule has 12 heteroatoms. The minimum atomic E-state index is -4.13. The number of unbranched alkanes of at least 4 members (excludes halogenated alkanes) is 1. The Balaban J connectivity index is 1.65. The van der Waals surface area contributed by atoms with Gasteiger partial charge in [0.15, 0.2) is 0 Å². The van der Waals surface area contributed by atoms with Crippen LogP contribution in [0.3, 0.4) is 0 Å². The van der Waals surface area contributed by atoms with Gasteiger partial charge in [0.05, 0.1) is 17.2 Å². The molecule has 252 valence electrons. The maximum absolute atomic E-state index is 14.1. The van der Waals surface area contributed by atoms with Gasteiger partial charge in [-0.05, 0) is 74.1 Å². The fourth-order valence-corrected chi connectivity index (χ4v) is 6.86. The van der Waals surface area contributed by atoms with E-state index in [0.29, 0.717) is 19.3 Å². The summed E-state index contributed by atoms with van der Waals surface area (Å²) in [6.07, 6.45) is 0.832. The minimum Gasteiger partial charge on any atom is -0.444 e. The third kappa shape index (κ3) is 10.7. The second-order valence-corrected chi connectivity index (χ2v) is 14.8. The first-order valence-corrected chi connectivity index (χ1v) is 17.0. The van der Waals surface area contributed by atoms with Gasteiger partial charge in [-0.3, -0.25) is 4.79 Å². The molecular formula is C34H47FN4O6S. The van der Waals surface area contributed by atoms with Gasteiger partial charge in [0.1, 0.15) is 17.5 Å². The Hall–Kier alpha value is -3.74. The summed E-state index contributed by atoms with van der Waals surface area (Å²) < 4.78 is 47.7. The van der Waals surface area contributed by atoms with Crippen molar-refractivity contribution in [2.75, 3.05) is 25.4 Å². The number of nitrogens with one attached hydrogen (secondary N) is 2. The van der Waals surface area contributed by atoms with Crippen LogP contribution in [0, 0.1) is 11.7 Å². The molecule has 2 amide bonds. The molecular weight excluding hydrogens is 611 g/mol. The Labute approximate surface area is 271 Å². The van der Waals surface area contributed by atoms with E-state index < -0.39 is 46.2 Å². The second-order valence-electron chi connectivity index (χ2n) is 12.9. The van der Waals surface area contributed by atoms with Crippen LogP contribution in [-0.4, -0.2) is 67.2 Å². The number of hydrogen-bond donors (Lipinski definition) is 4. The van der Waals surface area contributed by atoms with Crippen LogP contribution in [0.5, 0.6) is 0 Å². The molecule has 46 heavy (non-hydrogen) atoms. The highest BCUT2D eigenvalue weighted by Crippen LogP contribution is 2.25. The molecule has 0 fully saturated rings. The van der Waals surface area contributed by atoms with Crippen LogP contribution in [-0.2, 0) is 26.0 Å². The van der Waals surface area contributed by atoms with E-state index in [1.807, 2.05) is 56.3 Å². The van der Waals surface area contributed by atoms with Crippen molar-refractivity contribution in [3.05, 3.63) is 72.0 Å². The van der Waals surface area contributed by atoms with E-state index in [9.17, 15) is 27.5 Å². The van der Waals surface area contributed by atoms with Crippen LogP contribution in [0.4, 0.5) is 14.9 Å². The summed E-state index contributed by atoms with van der Waals surface area (Å²) in [5.74, 6) is -1.27. The zero-order chi connectivity index (χ0) is 34.1. The molecule has 0 aliphatic rings. The number of carbonyl (C=O) groups excluding carboxylic acids is 2. The van der Waals surface area contributed by atoms with Crippen LogP contribution in [0.1, 0.15) is 59.4 Å². The first kappa shape index (κ1) is 36.7. The lowest BCUT2D eigenvalue weighted by molar-refractivity contribution is -0.123. The van der Waals surface area contributed by atoms with Crippen LogP contribution in [0.25, 0.3) is 10.8 Å². The summed E-state index contributed by atoms with van der Waals surface area (Å²) in [7, 11) is -4.13. The Kier molecular flexibility index (Phi) is 12.9. The number of nitrogens with two attached hydrogens (primary N) is 1. The first-order valence-electron chi connectivity index (χ1n) is 15.5. The highest BCUT2D eigenvalue weighted by molar-refractivity contribution is 7.89. The van der Waals surface area contributed by atoms with Gasteiger partial charge >= 0.3 is 6.09 Å². The molecule has 3 aromatic rings. The smallest absolute Gasteiger partial charge is 0.408 e. The molecule has 0 radical (unpaired) electrons. The van der Waals surface area contributed by atoms with E-state index in [4.69, 9.17) is 10.5 Å². The number of nitrogens with zero attached hydrogens (tertiary/aromatic N) is 1. The number of aliphatic hydroxyl groups is 1. The van der Waals surface area contributed by atoms with E-state index in [1.54, 1.807) is 20.8 Å². The number of alkyl carbamates (subject to hydrolysis) is 1. The van der Waals surface area contributed by atoms with E-state index >= 15 is 0 Å². The SMILES string of the molecule is CC(C)CN(C(CO)CCCCNC(=O)[C@H](Cc1ccc2ccccc2c1)NC(=O)OC(C)(C)C)S(=O)(=O)c1ccc(N)c(F)c1. The lowest BCUT2D eigenvalue weighted by Gasteiger charge is -2.31. The molecule has 0 bridgehead atoms.